The van der Waals surface area contributed by atoms with E-state index < -0.39 is 23.1 Å². The second-order valence-electron chi connectivity index (χ2n) is 6.04. The molecule has 0 aliphatic heterocycles. The molecule has 0 bridgehead atoms. The summed E-state index contributed by atoms with van der Waals surface area (Å²) < 4.78 is 16.4. The smallest absolute Gasteiger partial charge is 0.340 e. The van der Waals surface area contributed by atoms with Gasteiger partial charge in [0.1, 0.15) is 5.00 Å². The Morgan fingerprint density at radius 1 is 1.03 bits per heavy atom. The van der Waals surface area contributed by atoms with Crippen LogP contribution in [-0.2, 0) is 6.54 Å². The SMILES string of the molecule is COc1cc(NC(=O)NCc2cc(C(=O)O)c(Nn3c(=O)c3=O)s2)cc(OC)c1OC. The van der Waals surface area contributed by atoms with Gasteiger partial charge in [-0.1, -0.05) is 0 Å². The molecule has 0 unspecified atom stereocenters. The van der Waals surface area contributed by atoms with Crippen LogP contribution in [0.4, 0.5) is 15.5 Å². The van der Waals surface area contributed by atoms with E-state index >= 15 is 0 Å². The van der Waals surface area contributed by atoms with Crippen LogP contribution in [0.2, 0.25) is 0 Å². The number of hydrogen-bond donors (Lipinski definition) is 4. The van der Waals surface area contributed by atoms with Crippen molar-refractivity contribution in [1.82, 2.24) is 9.99 Å². The summed E-state index contributed by atoms with van der Waals surface area (Å²) in [6.07, 6.45) is 0. The molecule has 3 aromatic rings. The minimum atomic E-state index is -1.24. The highest BCUT2D eigenvalue weighted by molar-refractivity contribution is 7.16. The lowest BCUT2D eigenvalue weighted by Gasteiger charge is -2.14. The van der Waals surface area contributed by atoms with Gasteiger partial charge < -0.3 is 30.0 Å². The van der Waals surface area contributed by atoms with Gasteiger partial charge in [0.2, 0.25) is 5.75 Å². The topological polar surface area (TPSA) is 157 Å². The van der Waals surface area contributed by atoms with Gasteiger partial charge >= 0.3 is 23.1 Å². The van der Waals surface area contributed by atoms with Gasteiger partial charge in [0, 0.05) is 17.0 Å². The maximum Gasteiger partial charge on any atom is 0.340 e. The summed E-state index contributed by atoms with van der Waals surface area (Å²) in [5, 5.41) is 14.6. The van der Waals surface area contributed by atoms with Crippen molar-refractivity contribution in [3.05, 3.63) is 49.3 Å². The van der Waals surface area contributed by atoms with Crippen LogP contribution in [0.5, 0.6) is 17.2 Å². The summed E-state index contributed by atoms with van der Waals surface area (Å²) in [4.78, 5) is 46.4. The standard InChI is InChI=1S/C18H18N4O8S/c1-28-11-4-8(5-12(29-2)13(11)30-3)20-18(27)19-7-9-6-10(17(25)26)14(31-9)21-22-15(23)16(22)24/h4-6,21H,7H2,1-3H3,(H,25,26)(H2,19,20,27). The number of carbonyl (C=O) groups is 2. The van der Waals surface area contributed by atoms with E-state index in [1.54, 1.807) is 12.1 Å². The van der Waals surface area contributed by atoms with E-state index in [1.807, 2.05) is 0 Å². The highest BCUT2D eigenvalue weighted by Crippen LogP contribution is 2.39. The van der Waals surface area contributed by atoms with Gasteiger partial charge in [-0.05, 0) is 6.07 Å². The zero-order chi connectivity index (χ0) is 22.7. The van der Waals surface area contributed by atoms with E-state index in [1.165, 1.54) is 27.4 Å². The molecule has 0 saturated heterocycles. The zero-order valence-corrected chi connectivity index (χ0v) is 17.4. The van der Waals surface area contributed by atoms with Crippen molar-refractivity contribution < 1.29 is 28.9 Å². The Bertz CT molecular complexity index is 1160. The Labute approximate surface area is 178 Å². The lowest BCUT2D eigenvalue weighted by atomic mass is 10.2. The molecule has 3 rings (SSSR count). The first-order valence-corrected chi connectivity index (χ1v) is 9.46. The van der Waals surface area contributed by atoms with Crippen molar-refractivity contribution >= 4 is 34.0 Å². The molecule has 31 heavy (non-hydrogen) atoms. The lowest BCUT2D eigenvalue weighted by Crippen LogP contribution is -2.27. The van der Waals surface area contributed by atoms with Gasteiger partial charge in [0.25, 0.3) is 0 Å². The first-order chi connectivity index (χ1) is 14.8. The highest BCUT2D eigenvalue weighted by atomic mass is 32.1. The lowest BCUT2D eigenvalue weighted by molar-refractivity contribution is 0.0698. The molecule has 0 aliphatic carbocycles. The Balaban J connectivity index is 1.68. The van der Waals surface area contributed by atoms with Crippen molar-refractivity contribution in [2.24, 2.45) is 0 Å². The van der Waals surface area contributed by atoms with Crippen LogP contribution in [0.3, 0.4) is 0 Å². The van der Waals surface area contributed by atoms with Crippen LogP contribution >= 0.6 is 11.3 Å². The van der Waals surface area contributed by atoms with E-state index in [-0.39, 0.29) is 17.1 Å². The molecule has 2 amide bonds. The summed E-state index contributed by atoms with van der Waals surface area (Å²) in [5.41, 5.74) is 1.20. The maximum atomic E-state index is 12.3. The van der Waals surface area contributed by atoms with E-state index in [2.05, 4.69) is 16.1 Å². The van der Waals surface area contributed by atoms with Crippen LogP contribution in [0, 0.1) is 0 Å². The number of aromatic nitrogens is 1. The molecule has 164 valence electrons. The molecule has 0 radical (unpaired) electrons. The van der Waals surface area contributed by atoms with Crippen molar-refractivity contribution in [2.45, 2.75) is 6.54 Å². The summed E-state index contributed by atoms with van der Waals surface area (Å²) in [6.45, 7) is 0.00474. The third-order valence-electron chi connectivity index (χ3n) is 4.11. The van der Waals surface area contributed by atoms with Crippen molar-refractivity contribution in [2.75, 3.05) is 32.1 Å². The van der Waals surface area contributed by atoms with Crippen LogP contribution in [0.25, 0.3) is 0 Å². The number of ether oxygens (including phenoxy) is 3. The molecule has 2 heterocycles. The quantitative estimate of drug-likeness (QED) is 0.350. The second kappa shape index (κ2) is 8.79. The first-order valence-electron chi connectivity index (χ1n) is 8.65. The summed E-state index contributed by atoms with van der Waals surface area (Å²) in [7, 11) is 4.35. The molecule has 0 atom stereocenters. The number of amides is 2. The van der Waals surface area contributed by atoms with Gasteiger partial charge in [-0.2, -0.15) is 4.68 Å². The number of thiophene rings is 1. The molecule has 1 aromatic carbocycles. The Morgan fingerprint density at radius 3 is 2.13 bits per heavy atom. The number of anilines is 2. The number of carboxylic acids is 1. The number of rotatable bonds is 9. The monoisotopic (exact) mass is 450 g/mol. The van der Waals surface area contributed by atoms with Gasteiger partial charge in [0.05, 0.1) is 39.1 Å². The Kier molecular flexibility index (Phi) is 6.15. The molecule has 4 N–H and O–H groups in total. The number of carbonyl (C=O) groups excluding carboxylic acids is 1. The number of urea groups is 1. The molecule has 0 saturated carbocycles. The molecular weight excluding hydrogens is 432 g/mol. The molecule has 12 nitrogen and oxygen atoms in total. The van der Waals surface area contributed by atoms with Gasteiger partial charge in [-0.3, -0.25) is 15.0 Å². The molecular formula is C18H18N4O8S. The van der Waals surface area contributed by atoms with E-state index in [0.717, 1.165) is 11.3 Å². The minimum Gasteiger partial charge on any atom is -0.493 e. The molecule has 0 spiro atoms. The number of carboxylic acid groups (broad SMARTS) is 1. The number of benzene rings is 1. The average molecular weight is 450 g/mol. The number of aromatic carboxylic acids is 1. The number of nitrogens with zero attached hydrogens (tertiary/aromatic N) is 1. The third kappa shape index (κ3) is 4.61. The van der Waals surface area contributed by atoms with E-state index in [0.29, 0.717) is 32.5 Å². The number of hydrogen-bond acceptors (Lipinski definition) is 9. The second-order valence-corrected chi connectivity index (χ2v) is 7.18. The van der Waals surface area contributed by atoms with Crippen molar-refractivity contribution in [3.8, 4) is 17.2 Å². The average Bonchev–Trinajstić information content (AvgIpc) is 3.13. The largest absolute Gasteiger partial charge is 0.493 e. The van der Waals surface area contributed by atoms with Crippen molar-refractivity contribution in [1.29, 1.82) is 0 Å². The molecule has 0 fully saturated rings. The summed E-state index contributed by atoms with van der Waals surface area (Å²) in [6, 6.07) is 3.88. The number of nitrogens with one attached hydrogen (secondary N) is 3. The Hall–Kier alpha value is -4.00. The fourth-order valence-corrected chi connectivity index (χ4v) is 3.58. The molecule has 0 aliphatic rings. The third-order valence-corrected chi connectivity index (χ3v) is 5.15. The zero-order valence-electron chi connectivity index (χ0n) is 16.6. The maximum absolute atomic E-state index is 12.3. The molecule has 13 heteroatoms. The van der Waals surface area contributed by atoms with Crippen LogP contribution in [-0.4, -0.2) is 43.1 Å². The number of methoxy groups -OCH3 is 3. The van der Waals surface area contributed by atoms with Crippen molar-refractivity contribution in [3.63, 3.8) is 0 Å². The molecule has 2 aromatic heterocycles. The van der Waals surface area contributed by atoms with E-state index in [9.17, 15) is 24.3 Å². The van der Waals surface area contributed by atoms with Gasteiger partial charge in [-0.15, -0.1) is 11.3 Å². The first kappa shape index (κ1) is 21.7. The van der Waals surface area contributed by atoms with Crippen LogP contribution < -0.4 is 41.4 Å². The predicted molar refractivity (Wildman–Crippen MR) is 112 cm³/mol. The highest BCUT2D eigenvalue weighted by Gasteiger charge is 2.22. The van der Waals surface area contributed by atoms with E-state index in [4.69, 9.17) is 14.2 Å². The van der Waals surface area contributed by atoms with Crippen LogP contribution in [0.1, 0.15) is 15.2 Å². The normalized spacial score (nSPS) is 10.5. The summed E-state index contributed by atoms with van der Waals surface area (Å²) >= 11 is 0.989. The fourth-order valence-electron chi connectivity index (χ4n) is 2.61. The van der Waals surface area contributed by atoms with Crippen LogP contribution in [0.15, 0.2) is 27.8 Å². The van der Waals surface area contributed by atoms with Gasteiger partial charge in [0.15, 0.2) is 11.5 Å². The summed E-state index contributed by atoms with van der Waals surface area (Å²) in [5.74, 6) is -0.152. The fraction of sp³-hybridized carbons (Fsp3) is 0.222. The van der Waals surface area contributed by atoms with Gasteiger partial charge in [-0.25, -0.2) is 9.59 Å². The Morgan fingerprint density at radius 2 is 1.65 bits per heavy atom. The minimum absolute atomic E-state index is 0.00474. The predicted octanol–water partition coefficient (Wildman–Crippen LogP) is 1.07.